The number of ether oxygens (including phenoxy) is 1. The summed E-state index contributed by atoms with van der Waals surface area (Å²) in [5.41, 5.74) is 0. The SMILES string of the molecule is O=C(NCCCOCCCl)C1CCCC(F)(F)C1. The van der Waals surface area contributed by atoms with E-state index in [1.807, 2.05) is 0 Å². The van der Waals surface area contributed by atoms with Crippen LogP contribution in [-0.4, -0.2) is 37.5 Å². The first-order valence-electron chi connectivity index (χ1n) is 6.34. The monoisotopic (exact) mass is 283 g/mol. The van der Waals surface area contributed by atoms with Crippen LogP contribution in [0, 0.1) is 5.92 Å². The Labute approximate surface area is 111 Å². The fraction of sp³-hybridized carbons (Fsp3) is 0.917. The predicted molar refractivity (Wildman–Crippen MR) is 66.1 cm³/mol. The van der Waals surface area contributed by atoms with Gasteiger partial charge in [-0.25, -0.2) is 8.78 Å². The molecule has 18 heavy (non-hydrogen) atoms. The van der Waals surface area contributed by atoms with Crippen molar-refractivity contribution in [2.45, 2.75) is 38.0 Å². The van der Waals surface area contributed by atoms with Crippen LogP contribution in [0.1, 0.15) is 32.1 Å². The Kier molecular flexibility index (Phi) is 6.86. The third kappa shape index (κ3) is 5.96. The van der Waals surface area contributed by atoms with E-state index >= 15 is 0 Å². The largest absolute Gasteiger partial charge is 0.380 e. The summed E-state index contributed by atoms with van der Waals surface area (Å²) in [6, 6.07) is 0. The van der Waals surface area contributed by atoms with Crippen molar-refractivity contribution in [1.29, 1.82) is 0 Å². The zero-order valence-corrected chi connectivity index (χ0v) is 11.1. The molecule has 0 spiro atoms. The molecule has 1 fully saturated rings. The summed E-state index contributed by atoms with van der Waals surface area (Å²) in [6.07, 6.45) is 1.24. The van der Waals surface area contributed by atoms with Gasteiger partial charge >= 0.3 is 0 Å². The van der Waals surface area contributed by atoms with Crippen molar-refractivity contribution in [3.05, 3.63) is 0 Å². The van der Waals surface area contributed by atoms with Gasteiger partial charge in [0.25, 0.3) is 0 Å². The molecule has 0 aromatic carbocycles. The fourth-order valence-electron chi connectivity index (χ4n) is 2.08. The van der Waals surface area contributed by atoms with E-state index in [1.165, 1.54) is 0 Å². The molecule has 3 nitrogen and oxygen atoms in total. The van der Waals surface area contributed by atoms with E-state index in [0.717, 1.165) is 0 Å². The first-order valence-corrected chi connectivity index (χ1v) is 6.88. The van der Waals surface area contributed by atoms with Crippen LogP contribution in [-0.2, 0) is 9.53 Å². The van der Waals surface area contributed by atoms with Gasteiger partial charge in [0.2, 0.25) is 11.8 Å². The van der Waals surface area contributed by atoms with Crippen molar-refractivity contribution in [3.63, 3.8) is 0 Å². The standard InChI is InChI=1S/C12H20ClF2NO2/c13-5-8-18-7-2-6-16-11(17)10-3-1-4-12(14,15)9-10/h10H,1-9H2,(H,16,17). The number of hydrogen-bond donors (Lipinski definition) is 1. The molecule has 1 N–H and O–H groups in total. The van der Waals surface area contributed by atoms with Crippen LogP contribution in [0.25, 0.3) is 0 Å². The lowest BCUT2D eigenvalue weighted by molar-refractivity contribution is -0.132. The third-order valence-corrected chi connectivity index (χ3v) is 3.15. The van der Waals surface area contributed by atoms with E-state index in [0.29, 0.717) is 44.9 Å². The highest BCUT2D eigenvalue weighted by Gasteiger charge is 2.38. The van der Waals surface area contributed by atoms with Gasteiger partial charge in [-0.2, -0.15) is 0 Å². The number of nitrogens with one attached hydrogen (secondary N) is 1. The van der Waals surface area contributed by atoms with E-state index in [1.54, 1.807) is 0 Å². The Balaban J connectivity index is 2.12. The van der Waals surface area contributed by atoms with Crippen LogP contribution in [0.2, 0.25) is 0 Å². The summed E-state index contributed by atoms with van der Waals surface area (Å²) in [5, 5.41) is 2.68. The maximum absolute atomic E-state index is 13.1. The molecule has 0 aliphatic heterocycles. The van der Waals surface area contributed by atoms with Crippen LogP contribution in [0.3, 0.4) is 0 Å². The summed E-state index contributed by atoms with van der Waals surface area (Å²) in [7, 11) is 0. The summed E-state index contributed by atoms with van der Waals surface area (Å²) in [5.74, 6) is -3.03. The quantitative estimate of drug-likeness (QED) is 0.576. The summed E-state index contributed by atoms with van der Waals surface area (Å²) in [4.78, 5) is 11.7. The van der Waals surface area contributed by atoms with Gasteiger partial charge in [0.15, 0.2) is 0 Å². The second kappa shape index (κ2) is 7.89. The number of carbonyl (C=O) groups excluding carboxylic acids is 1. The smallest absolute Gasteiger partial charge is 0.248 e. The minimum atomic E-state index is -2.68. The molecule has 1 atom stereocenters. The molecule has 0 bridgehead atoms. The second-order valence-electron chi connectivity index (χ2n) is 4.60. The Morgan fingerprint density at radius 2 is 2.22 bits per heavy atom. The van der Waals surface area contributed by atoms with Crippen LogP contribution >= 0.6 is 11.6 Å². The molecule has 1 saturated carbocycles. The van der Waals surface area contributed by atoms with Gasteiger partial charge in [0.1, 0.15) is 0 Å². The van der Waals surface area contributed by atoms with Gasteiger partial charge in [-0.15, -0.1) is 11.6 Å². The summed E-state index contributed by atoms with van der Waals surface area (Å²) >= 11 is 5.43. The lowest BCUT2D eigenvalue weighted by Gasteiger charge is -2.27. The summed E-state index contributed by atoms with van der Waals surface area (Å²) < 4.78 is 31.4. The topological polar surface area (TPSA) is 38.3 Å². The molecule has 1 aliphatic carbocycles. The van der Waals surface area contributed by atoms with E-state index in [-0.39, 0.29) is 18.7 Å². The van der Waals surface area contributed by atoms with Crippen molar-refractivity contribution in [3.8, 4) is 0 Å². The highest BCUT2D eigenvalue weighted by Crippen LogP contribution is 2.36. The highest BCUT2D eigenvalue weighted by molar-refractivity contribution is 6.17. The van der Waals surface area contributed by atoms with Gasteiger partial charge in [-0.3, -0.25) is 4.79 Å². The molecule has 0 heterocycles. The average molecular weight is 284 g/mol. The van der Waals surface area contributed by atoms with Crippen LogP contribution in [0.4, 0.5) is 8.78 Å². The van der Waals surface area contributed by atoms with E-state index < -0.39 is 11.8 Å². The molecule has 0 aromatic heterocycles. The predicted octanol–water partition coefficient (Wildman–Crippen LogP) is 2.57. The summed E-state index contributed by atoms with van der Waals surface area (Å²) in [6.45, 7) is 1.47. The first kappa shape index (κ1) is 15.6. The average Bonchev–Trinajstić information content (AvgIpc) is 2.32. The number of halogens is 3. The van der Waals surface area contributed by atoms with E-state index in [2.05, 4.69) is 5.32 Å². The third-order valence-electron chi connectivity index (χ3n) is 3.00. The maximum atomic E-state index is 13.1. The molecular weight excluding hydrogens is 264 g/mol. The van der Waals surface area contributed by atoms with E-state index in [4.69, 9.17) is 16.3 Å². The van der Waals surface area contributed by atoms with Crippen molar-refractivity contribution < 1.29 is 18.3 Å². The molecule has 1 unspecified atom stereocenters. The number of amides is 1. The molecule has 6 heteroatoms. The van der Waals surface area contributed by atoms with Crippen LogP contribution in [0.5, 0.6) is 0 Å². The molecule has 0 saturated heterocycles. The van der Waals surface area contributed by atoms with Gasteiger partial charge in [0, 0.05) is 37.8 Å². The number of hydrogen-bond acceptors (Lipinski definition) is 2. The zero-order chi connectivity index (χ0) is 13.4. The Morgan fingerprint density at radius 1 is 1.44 bits per heavy atom. The molecular formula is C12H20ClF2NO2. The van der Waals surface area contributed by atoms with Crippen molar-refractivity contribution in [2.75, 3.05) is 25.6 Å². The van der Waals surface area contributed by atoms with Crippen molar-refractivity contribution >= 4 is 17.5 Å². The maximum Gasteiger partial charge on any atom is 0.248 e. The zero-order valence-electron chi connectivity index (χ0n) is 10.4. The highest BCUT2D eigenvalue weighted by atomic mass is 35.5. The van der Waals surface area contributed by atoms with Gasteiger partial charge in [-0.1, -0.05) is 0 Å². The Bertz CT molecular complexity index is 264. The van der Waals surface area contributed by atoms with Crippen LogP contribution < -0.4 is 5.32 Å². The lowest BCUT2D eigenvalue weighted by Crippen LogP contribution is -2.38. The number of alkyl halides is 3. The van der Waals surface area contributed by atoms with Gasteiger partial charge < -0.3 is 10.1 Å². The van der Waals surface area contributed by atoms with Crippen LogP contribution in [0.15, 0.2) is 0 Å². The first-order chi connectivity index (χ1) is 8.55. The second-order valence-corrected chi connectivity index (χ2v) is 4.97. The van der Waals surface area contributed by atoms with Crippen molar-refractivity contribution in [1.82, 2.24) is 5.32 Å². The molecule has 106 valence electrons. The normalized spacial score (nSPS) is 22.7. The molecule has 1 rings (SSSR count). The minimum Gasteiger partial charge on any atom is -0.380 e. The molecule has 0 aromatic rings. The minimum absolute atomic E-state index is 0.0942. The van der Waals surface area contributed by atoms with Gasteiger partial charge in [-0.05, 0) is 19.3 Å². The molecule has 1 amide bonds. The lowest BCUT2D eigenvalue weighted by atomic mass is 9.86. The molecule has 1 aliphatic rings. The Hall–Kier alpha value is -0.420. The molecule has 0 radical (unpaired) electrons. The Morgan fingerprint density at radius 3 is 2.89 bits per heavy atom. The van der Waals surface area contributed by atoms with Gasteiger partial charge in [0.05, 0.1) is 6.61 Å². The number of rotatable bonds is 7. The van der Waals surface area contributed by atoms with E-state index in [9.17, 15) is 13.6 Å². The number of carbonyl (C=O) groups is 1. The van der Waals surface area contributed by atoms with Crippen molar-refractivity contribution in [2.24, 2.45) is 5.92 Å². The fourth-order valence-corrected chi connectivity index (χ4v) is 2.19.